The normalized spacial score (nSPS) is 10.9. The fourth-order valence-electron chi connectivity index (χ4n) is 1.50. The van der Waals surface area contributed by atoms with Crippen molar-refractivity contribution in [3.8, 4) is 0 Å². The number of halogens is 2. The summed E-state index contributed by atoms with van der Waals surface area (Å²) < 4.78 is 27.7. The quantitative estimate of drug-likeness (QED) is 0.814. The minimum atomic E-state index is -0.578. The second-order valence-corrected chi connectivity index (χ2v) is 4.80. The Balaban J connectivity index is 2.00. The summed E-state index contributed by atoms with van der Waals surface area (Å²) in [5.41, 5.74) is 0.561. The van der Waals surface area contributed by atoms with Crippen LogP contribution in [0.2, 0.25) is 0 Å². The predicted molar refractivity (Wildman–Crippen MR) is 67.7 cm³/mol. The van der Waals surface area contributed by atoms with Gasteiger partial charge >= 0.3 is 0 Å². The van der Waals surface area contributed by atoms with Crippen LogP contribution in [0.1, 0.15) is 5.56 Å². The number of nitrogens with zero attached hydrogens (tertiary/aromatic N) is 4. The van der Waals surface area contributed by atoms with Crippen molar-refractivity contribution in [1.82, 2.24) is 25.5 Å². The molecule has 0 atom stereocenters. The molecule has 0 bridgehead atoms. The van der Waals surface area contributed by atoms with Gasteiger partial charge in [0.15, 0.2) is 0 Å². The number of hydrogen-bond acceptors (Lipinski definition) is 5. The lowest BCUT2D eigenvalue weighted by Gasteiger charge is -2.04. The third-order valence-corrected chi connectivity index (χ3v) is 3.39. The molecule has 8 heteroatoms. The zero-order valence-electron chi connectivity index (χ0n) is 10.3. The molecule has 1 aromatic heterocycles. The van der Waals surface area contributed by atoms with Crippen LogP contribution in [-0.2, 0) is 12.3 Å². The van der Waals surface area contributed by atoms with Crippen LogP contribution in [0.5, 0.6) is 0 Å². The molecule has 19 heavy (non-hydrogen) atoms. The van der Waals surface area contributed by atoms with E-state index in [9.17, 15) is 8.78 Å². The molecule has 0 aliphatic heterocycles. The van der Waals surface area contributed by atoms with Crippen LogP contribution >= 0.6 is 11.8 Å². The molecule has 2 aromatic rings. The number of tetrazole rings is 1. The molecule has 0 amide bonds. The Kier molecular flexibility index (Phi) is 4.80. The van der Waals surface area contributed by atoms with Crippen molar-refractivity contribution in [1.29, 1.82) is 0 Å². The molecular weight excluding hydrogens is 272 g/mol. The lowest BCUT2D eigenvalue weighted by Crippen LogP contribution is -2.16. The molecule has 1 aromatic carbocycles. The van der Waals surface area contributed by atoms with Crippen molar-refractivity contribution in [3.05, 3.63) is 35.4 Å². The summed E-state index contributed by atoms with van der Waals surface area (Å²) in [5, 5.41) is 14.9. The molecule has 0 saturated carbocycles. The van der Waals surface area contributed by atoms with Crippen LogP contribution in [0.4, 0.5) is 8.78 Å². The van der Waals surface area contributed by atoms with Crippen LogP contribution in [0.25, 0.3) is 0 Å². The van der Waals surface area contributed by atoms with Gasteiger partial charge in [-0.25, -0.2) is 13.5 Å². The van der Waals surface area contributed by atoms with Gasteiger partial charge in [0.2, 0.25) is 5.16 Å². The van der Waals surface area contributed by atoms with Crippen molar-refractivity contribution in [3.63, 3.8) is 0 Å². The van der Waals surface area contributed by atoms with E-state index in [-0.39, 0.29) is 0 Å². The van der Waals surface area contributed by atoms with E-state index in [1.54, 1.807) is 4.68 Å². The maximum atomic E-state index is 13.0. The summed E-state index contributed by atoms with van der Waals surface area (Å²) in [4.78, 5) is 0. The average Bonchev–Trinajstić information content (AvgIpc) is 2.80. The maximum Gasteiger partial charge on any atom is 0.209 e. The third-order valence-electron chi connectivity index (χ3n) is 2.36. The second-order valence-electron chi connectivity index (χ2n) is 3.85. The number of aromatic nitrogens is 4. The summed E-state index contributed by atoms with van der Waals surface area (Å²) in [7, 11) is 1.84. The predicted octanol–water partition coefficient (Wildman–Crippen LogP) is 1.46. The molecule has 2 rings (SSSR count). The smallest absolute Gasteiger partial charge is 0.209 e. The first-order chi connectivity index (χ1) is 9.19. The van der Waals surface area contributed by atoms with Gasteiger partial charge in [-0.2, -0.15) is 0 Å². The van der Waals surface area contributed by atoms with Crippen molar-refractivity contribution in [2.45, 2.75) is 17.5 Å². The van der Waals surface area contributed by atoms with Crippen molar-refractivity contribution in [2.24, 2.45) is 0 Å². The van der Waals surface area contributed by atoms with Gasteiger partial charge in [-0.15, -0.1) is 5.10 Å². The number of benzene rings is 1. The second kappa shape index (κ2) is 6.58. The minimum absolute atomic E-state index is 0.411. The van der Waals surface area contributed by atoms with Gasteiger partial charge in [0.1, 0.15) is 11.6 Å². The van der Waals surface area contributed by atoms with Crippen molar-refractivity contribution in [2.75, 3.05) is 13.6 Å². The molecule has 1 N–H and O–H groups in total. The van der Waals surface area contributed by atoms with E-state index >= 15 is 0 Å². The van der Waals surface area contributed by atoms with Gasteiger partial charge in [-0.1, -0.05) is 11.8 Å². The minimum Gasteiger partial charge on any atom is -0.318 e. The monoisotopic (exact) mass is 285 g/mol. The Hall–Kier alpha value is -1.54. The number of thioether (sulfide) groups is 1. The molecule has 0 fully saturated rings. The van der Waals surface area contributed by atoms with E-state index < -0.39 is 11.6 Å². The number of likely N-dealkylation sites (N-methyl/N-ethyl adjacent to an activating group) is 1. The van der Waals surface area contributed by atoms with Gasteiger partial charge in [0.05, 0.1) is 6.54 Å². The molecule has 1 heterocycles. The summed E-state index contributed by atoms with van der Waals surface area (Å²) in [6.07, 6.45) is 0. The van der Waals surface area contributed by atoms with Crippen molar-refractivity contribution < 1.29 is 8.78 Å². The lowest BCUT2D eigenvalue weighted by molar-refractivity contribution is 0.530. The molecule has 5 nitrogen and oxygen atoms in total. The van der Waals surface area contributed by atoms with E-state index in [0.29, 0.717) is 23.0 Å². The highest BCUT2D eigenvalue weighted by Gasteiger charge is 2.08. The van der Waals surface area contributed by atoms with Gasteiger partial charge in [0.25, 0.3) is 0 Å². The van der Waals surface area contributed by atoms with Crippen LogP contribution < -0.4 is 5.32 Å². The first-order valence-electron chi connectivity index (χ1n) is 5.67. The van der Waals surface area contributed by atoms with Gasteiger partial charge < -0.3 is 5.32 Å². The number of hydrogen-bond donors (Lipinski definition) is 1. The highest BCUT2D eigenvalue weighted by molar-refractivity contribution is 7.98. The van der Waals surface area contributed by atoms with Crippen molar-refractivity contribution >= 4 is 11.8 Å². The van der Waals surface area contributed by atoms with Crippen LogP contribution in [-0.4, -0.2) is 33.8 Å². The Morgan fingerprint density at radius 3 is 2.68 bits per heavy atom. The summed E-state index contributed by atoms with van der Waals surface area (Å²) in [5.74, 6) is -0.745. The van der Waals surface area contributed by atoms with E-state index in [4.69, 9.17) is 0 Å². The van der Waals surface area contributed by atoms with Crippen LogP contribution in [0.3, 0.4) is 0 Å². The number of nitrogens with one attached hydrogen (secondary N) is 1. The Labute approximate surface area is 113 Å². The largest absolute Gasteiger partial charge is 0.318 e. The van der Waals surface area contributed by atoms with Crippen LogP contribution in [0, 0.1) is 11.6 Å². The fourth-order valence-corrected chi connectivity index (χ4v) is 2.33. The molecule has 0 saturated heterocycles. The highest BCUT2D eigenvalue weighted by Crippen LogP contribution is 2.21. The van der Waals surface area contributed by atoms with Gasteiger partial charge in [-0.05, 0) is 35.2 Å². The molecule has 0 aliphatic carbocycles. The van der Waals surface area contributed by atoms with Gasteiger partial charge in [0, 0.05) is 18.4 Å². The summed E-state index contributed by atoms with van der Waals surface area (Å²) in [6, 6.07) is 3.46. The van der Waals surface area contributed by atoms with E-state index in [2.05, 4.69) is 20.8 Å². The zero-order valence-corrected chi connectivity index (χ0v) is 11.1. The summed E-state index contributed by atoms with van der Waals surface area (Å²) in [6.45, 7) is 1.39. The van der Waals surface area contributed by atoms with Crippen LogP contribution in [0.15, 0.2) is 23.4 Å². The molecule has 102 valence electrons. The molecule has 0 spiro atoms. The molecule has 0 unspecified atom stereocenters. The fraction of sp³-hybridized carbons (Fsp3) is 0.364. The Morgan fingerprint density at radius 2 is 2.00 bits per heavy atom. The Morgan fingerprint density at radius 1 is 1.26 bits per heavy atom. The SMILES string of the molecule is CNCCn1nnnc1SCc1cc(F)cc(F)c1. The number of rotatable bonds is 6. The highest BCUT2D eigenvalue weighted by atomic mass is 32.2. The average molecular weight is 285 g/mol. The Bertz CT molecular complexity index is 525. The van der Waals surface area contributed by atoms with Gasteiger partial charge in [-0.3, -0.25) is 0 Å². The first-order valence-corrected chi connectivity index (χ1v) is 6.66. The van der Waals surface area contributed by atoms with E-state index in [1.165, 1.54) is 23.9 Å². The topological polar surface area (TPSA) is 55.6 Å². The standard InChI is InChI=1S/C11H13F2N5S/c1-14-2-3-18-11(15-16-17-18)19-7-8-4-9(12)6-10(13)5-8/h4-6,14H,2-3,7H2,1H3. The van der Waals surface area contributed by atoms with E-state index in [1.807, 2.05) is 7.05 Å². The first kappa shape index (κ1) is 13.9. The summed E-state index contributed by atoms with van der Waals surface area (Å²) >= 11 is 1.34. The molecule has 0 aliphatic rings. The maximum absolute atomic E-state index is 13.0. The third kappa shape index (κ3) is 3.97. The van der Waals surface area contributed by atoms with E-state index in [0.717, 1.165) is 12.6 Å². The lowest BCUT2D eigenvalue weighted by atomic mass is 10.2. The zero-order chi connectivity index (χ0) is 13.7. The molecule has 0 radical (unpaired) electrons. The molecular formula is C11H13F2N5S.